The highest BCUT2D eigenvalue weighted by Gasteiger charge is 2.20. The van der Waals surface area contributed by atoms with Gasteiger partial charge in [-0.05, 0) is 65.7 Å². The molecule has 0 bridgehead atoms. The number of primary amides is 1. The van der Waals surface area contributed by atoms with Crippen LogP contribution in [0.2, 0.25) is 0 Å². The van der Waals surface area contributed by atoms with E-state index in [2.05, 4.69) is 35.5 Å². The first-order chi connectivity index (χ1) is 11.2. The molecule has 1 amide bonds. The summed E-state index contributed by atoms with van der Waals surface area (Å²) < 4.78 is 2.32. The summed E-state index contributed by atoms with van der Waals surface area (Å²) >= 11 is 1.77. The monoisotopic (exact) mass is 326 g/mol. The summed E-state index contributed by atoms with van der Waals surface area (Å²) in [5.41, 5.74) is 9.84. The third-order valence-corrected chi connectivity index (χ3v) is 5.16. The lowest BCUT2D eigenvalue weighted by Crippen LogP contribution is -2.11. The summed E-state index contributed by atoms with van der Waals surface area (Å²) in [6, 6.07) is 14.6. The Kier molecular flexibility index (Phi) is 5.03. The van der Waals surface area contributed by atoms with Crippen LogP contribution in [0.1, 0.15) is 46.8 Å². The molecule has 0 atom stereocenters. The molecular weight excluding hydrogens is 304 g/mol. The van der Waals surface area contributed by atoms with Gasteiger partial charge in [-0.25, -0.2) is 4.31 Å². The minimum atomic E-state index is -0.360. The molecule has 2 aromatic carbocycles. The molecular formula is C19H22N2OS. The Hall–Kier alpha value is -1.78. The molecule has 1 aliphatic heterocycles. The lowest BCUT2D eigenvalue weighted by atomic mass is 10.1. The third kappa shape index (κ3) is 3.95. The van der Waals surface area contributed by atoms with Crippen molar-refractivity contribution in [1.82, 2.24) is 4.31 Å². The molecule has 3 rings (SSSR count). The van der Waals surface area contributed by atoms with Crippen LogP contribution in [0.4, 0.5) is 0 Å². The van der Waals surface area contributed by atoms with Crippen molar-refractivity contribution in [3.63, 3.8) is 0 Å². The van der Waals surface area contributed by atoms with Crippen LogP contribution in [-0.4, -0.2) is 10.2 Å². The molecule has 0 unspecified atom stereocenters. The van der Waals surface area contributed by atoms with E-state index in [0.29, 0.717) is 5.56 Å². The van der Waals surface area contributed by atoms with Gasteiger partial charge in [0.15, 0.2) is 0 Å². The SMILES string of the molecule is CCCCc1ccc(SN2Cc3ccc(C(N)=O)cc3C2)cc1. The summed E-state index contributed by atoms with van der Waals surface area (Å²) in [4.78, 5) is 12.5. The predicted molar refractivity (Wildman–Crippen MR) is 95.1 cm³/mol. The van der Waals surface area contributed by atoms with Crippen LogP contribution in [-0.2, 0) is 19.5 Å². The molecule has 2 N–H and O–H groups in total. The highest BCUT2D eigenvalue weighted by molar-refractivity contribution is 7.97. The van der Waals surface area contributed by atoms with Gasteiger partial charge in [0.2, 0.25) is 5.91 Å². The number of carbonyl (C=O) groups is 1. The maximum atomic E-state index is 11.3. The van der Waals surface area contributed by atoms with Crippen LogP contribution in [0.15, 0.2) is 47.4 Å². The average Bonchev–Trinajstić information content (AvgIpc) is 2.95. The first-order valence-corrected chi connectivity index (χ1v) is 8.86. The maximum Gasteiger partial charge on any atom is 0.248 e. The summed E-state index contributed by atoms with van der Waals surface area (Å²) in [6.07, 6.45) is 3.64. The number of nitrogens with zero attached hydrogens (tertiary/aromatic N) is 1. The molecule has 23 heavy (non-hydrogen) atoms. The molecule has 0 radical (unpaired) electrons. The number of benzene rings is 2. The number of nitrogens with two attached hydrogens (primary N) is 1. The quantitative estimate of drug-likeness (QED) is 0.811. The maximum absolute atomic E-state index is 11.3. The first kappa shape index (κ1) is 16.1. The molecule has 1 aliphatic rings. The van der Waals surface area contributed by atoms with Crippen molar-refractivity contribution in [3.8, 4) is 0 Å². The highest BCUT2D eigenvalue weighted by atomic mass is 32.2. The van der Waals surface area contributed by atoms with Crippen molar-refractivity contribution in [2.24, 2.45) is 5.73 Å². The van der Waals surface area contributed by atoms with Gasteiger partial charge in [0.25, 0.3) is 0 Å². The first-order valence-electron chi connectivity index (χ1n) is 8.09. The Morgan fingerprint density at radius 1 is 1.13 bits per heavy atom. The van der Waals surface area contributed by atoms with E-state index in [9.17, 15) is 4.79 Å². The zero-order chi connectivity index (χ0) is 16.2. The molecule has 1 heterocycles. The Balaban J connectivity index is 1.62. The predicted octanol–water partition coefficient (Wildman–Crippen LogP) is 4.15. The fraction of sp³-hybridized carbons (Fsp3) is 0.316. The van der Waals surface area contributed by atoms with Crippen LogP contribution in [0, 0.1) is 0 Å². The summed E-state index contributed by atoms with van der Waals surface area (Å²) in [5, 5.41) is 0. The summed E-state index contributed by atoms with van der Waals surface area (Å²) in [6.45, 7) is 3.97. The Morgan fingerprint density at radius 2 is 1.87 bits per heavy atom. The number of rotatable bonds is 6. The van der Waals surface area contributed by atoms with E-state index >= 15 is 0 Å². The van der Waals surface area contributed by atoms with Gasteiger partial charge in [-0.3, -0.25) is 4.79 Å². The van der Waals surface area contributed by atoms with E-state index in [1.807, 2.05) is 18.2 Å². The molecule has 0 aliphatic carbocycles. The second kappa shape index (κ2) is 7.20. The molecule has 2 aromatic rings. The number of unbranched alkanes of at least 4 members (excludes halogenated alkanes) is 1. The van der Waals surface area contributed by atoms with E-state index in [1.165, 1.54) is 34.4 Å². The molecule has 0 saturated carbocycles. The number of hydrogen-bond donors (Lipinski definition) is 1. The molecule has 120 valence electrons. The van der Waals surface area contributed by atoms with E-state index < -0.39 is 0 Å². The van der Waals surface area contributed by atoms with Gasteiger partial charge in [-0.15, -0.1) is 0 Å². The summed E-state index contributed by atoms with van der Waals surface area (Å²) in [7, 11) is 0. The van der Waals surface area contributed by atoms with Crippen molar-refractivity contribution in [3.05, 3.63) is 64.7 Å². The highest BCUT2D eigenvalue weighted by Crippen LogP contribution is 2.33. The Morgan fingerprint density at radius 3 is 2.57 bits per heavy atom. The van der Waals surface area contributed by atoms with E-state index in [0.717, 1.165) is 19.5 Å². The molecule has 4 heteroatoms. The van der Waals surface area contributed by atoms with Gasteiger partial charge >= 0.3 is 0 Å². The lowest BCUT2D eigenvalue weighted by Gasteiger charge is -2.13. The Labute approximate surface area is 142 Å². The zero-order valence-electron chi connectivity index (χ0n) is 13.4. The van der Waals surface area contributed by atoms with Crippen LogP contribution in [0.5, 0.6) is 0 Å². The second-order valence-corrected chi connectivity index (χ2v) is 7.15. The number of aryl methyl sites for hydroxylation is 1. The van der Waals surface area contributed by atoms with Gasteiger partial charge in [-0.2, -0.15) is 0 Å². The van der Waals surface area contributed by atoms with Crippen molar-refractivity contribution >= 4 is 17.9 Å². The van der Waals surface area contributed by atoms with Gasteiger partial charge in [0.1, 0.15) is 0 Å². The lowest BCUT2D eigenvalue weighted by molar-refractivity contribution is 0.1000. The number of hydrogen-bond acceptors (Lipinski definition) is 3. The van der Waals surface area contributed by atoms with Gasteiger partial charge in [0, 0.05) is 23.5 Å². The minimum absolute atomic E-state index is 0.360. The second-order valence-electron chi connectivity index (χ2n) is 5.98. The van der Waals surface area contributed by atoms with Gasteiger partial charge in [-0.1, -0.05) is 31.5 Å². The van der Waals surface area contributed by atoms with Crippen LogP contribution in [0.25, 0.3) is 0 Å². The topological polar surface area (TPSA) is 46.3 Å². The molecule has 0 aromatic heterocycles. The van der Waals surface area contributed by atoms with Crippen molar-refractivity contribution in [2.45, 2.75) is 44.2 Å². The molecule has 3 nitrogen and oxygen atoms in total. The largest absolute Gasteiger partial charge is 0.366 e. The summed E-state index contributed by atoms with van der Waals surface area (Å²) in [5.74, 6) is -0.360. The number of carbonyl (C=O) groups excluding carboxylic acids is 1. The standard InChI is InChI=1S/C19H22N2OS/c1-2-3-4-14-5-9-18(10-6-14)23-21-12-16-8-7-15(19(20)22)11-17(16)13-21/h5-11H,2-4,12-13H2,1H3,(H2,20,22). The molecule has 0 fully saturated rings. The van der Waals surface area contributed by atoms with Crippen LogP contribution < -0.4 is 5.73 Å². The number of fused-ring (bicyclic) bond motifs is 1. The van der Waals surface area contributed by atoms with E-state index in [4.69, 9.17) is 5.73 Å². The van der Waals surface area contributed by atoms with Crippen LogP contribution >= 0.6 is 11.9 Å². The smallest absolute Gasteiger partial charge is 0.248 e. The molecule has 0 saturated heterocycles. The minimum Gasteiger partial charge on any atom is -0.366 e. The normalized spacial score (nSPS) is 14.0. The third-order valence-electron chi connectivity index (χ3n) is 4.16. The molecule has 0 spiro atoms. The van der Waals surface area contributed by atoms with Crippen molar-refractivity contribution < 1.29 is 4.79 Å². The average molecular weight is 326 g/mol. The van der Waals surface area contributed by atoms with E-state index in [1.54, 1.807) is 11.9 Å². The number of amides is 1. The zero-order valence-corrected chi connectivity index (χ0v) is 14.2. The fourth-order valence-corrected chi connectivity index (χ4v) is 3.79. The van der Waals surface area contributed by atoms with Crippen LogP contribution in [0.3, 0.4) is 0 Å². The van der Waals surface area contributed by atoms with Crippen molar-refractivity contribution in [2.75, 3.05) is 0 Å². The Bertz CT molecular complexity index is 697. The van der Waals surface area contributed by atoms with Crippen molar-refractivity contribution in [1.29, 1.82) is 0 Å². The van der Waals surface area contributed by atoms with Gasteiger partial charge in [0.05, 0.1) is 0 Å². The van der Waals surface area contributed by atoms with Gasteiger partial charge < -0.3 is 5.73 Å². The fourth-order valence-electron chi connectivity index (χ4n) is 2.83. The van der Waals surface area contributed by atoms with E-state index in [-0.39, 0.29) is 5.91 Å².